The molecule has 1 heterocycles. The van der Waals surface area contributed by atoms with Gasteiger partial charge in [0.05, 0.1) is 17.8 Å². The standard InChI is InChI=1S/C9H16ClN3O3S/c1-6(2)8(5-14)12-17(15,16)9-7(10)4-11-13(9)3/h4,6,8,12,14H,5H2,1-3H3. The summed E-state index contributed by atoms with van der Waals surface area (Å²) in [6, 6.07) is -0.550. The first-order valence-electron chi connectivity index (χ1n) is 5.10. The summed E-state index contributed by atoms with van der Waals surface area (Å²) in [6.07, 6.45) is 1.26. The average Bonchev–Trinajstić information content (AvgIpc) is 2.55. The van der Waals surface area contributed by atoms with Crippen LogP contribution in [0.25, 0.3) is 0 Å². The number of rotatable bonds is 5. The minimum atomic E-state index is -3.78. The van der Waals surface area contributed by atoms with Crippen molar-refractivity contribution in [3.8, 4) is 0 Å². The van der Waals surface area contributed by atoms with Gasteiger partial charge in [-0.2, -0.15) is 5.10 Å². The van der Waals surface area contributed by atoms with Crippen LogP contribution in [-0.4, -0.2) is 36.0 Å². The summed E-state index contributed by atoms with van der Waals surface area (Å²) < 4.78 is 27.7. The van der Waals surface area contributed by atoms with Crippen LogP contribution >= 0.6 is 11.6 Å². The number of halogens is 1. The van der Waals surface area contributed by atoms with E-state index >= 15 is 0 Å². The van der Waals surface area contributed by atoms with Gasteiger partial charge >= 0.3 is 0 Å². The lowest BCUT2D eigenvalue weighted by atomic mass is 10.1. The molecule has 1 aromatic rings. The molecule has 2 N–H and O–H groups in total. The van der Waals surface area contributed by atoms with E-state index in [4.69, 9.17) is 16.7 Å². The first kappa shape index (κ1) is 14.4. The number of hydrogen-bond acceptors (Lipinski definition) is 4. The lowest BCUT2D eigenvalue weighted by molar-refractivity contribution is 0.227. The first-order valence-corrected chi connectivity index (χ1v) is 6.96. The van der Waals surface area contributed by atoms with E-state index < -0.39 is 16.1 Å². The van der Waals surface area contributed by atoms with Crippen LogP contribution in [0.4, 0.5) is 0 Å². The Bertz CT molecular complexity index is 464. The highest BCUT2D eigenvalue weighted by Gasteiger charge is 2.26. The molecule has 0 aromatic carbocycles. The van der Waals surface area contributed by atoms with Gasteiger partial charge < -0.3 is 5.11 Å². The summed E-state index contributed by atoms with van der Waals surface area (Å²) >= 11 is 5.77. The molecule has 0 fully saturated rings. The van der Waals surface area contributed by atoms with E-state index in [0.717, 1.165) is 0 Å². The molecule has 0 aliphatic heterocycles. The van der Waals surface area contributed by atoms with E-state index in [2.05, 4.69) is 9.82 Å². The highest BCUT2D eigenvalue weighted by atomic mass is 35.5. The van der Waals surface area contributed by atoms with Crippen molar-refractivity contribution in [3.05, 3.63) is 11.2 Å². The van der Waals surface area contributed by atoms with Gasteiger partial charge in [0.2, 0.25) is 0 Å². The predicted octanol–water partition coefficient (Wildman–Crippen LogP) is 0.369. The smallest absolute Gasteiger partial charge is 0.259 e. The van der Waals surface area contributed by atoms with E-state index in [1.54, 1.807) is 0 Å². The highest BCUT2D eigenvalue weighted by Crippen LogP contribution is 2.20. The fraction of sp³-hybridized carbons (Fsp3) is 0.667. The average molecular weight is 282 g/mol. The van der Waals surface area contributed by atoms with Crippen LogP contribution in [0.2, 0.25) is 5.02 Å². The third-order valence-electron chi connectivity index (χ3n) is 2.41. The number of nitrogens with zero attached hydrogens (tertiary/aromatic N) is 2. The maximum atomic E-state index is 12.0. The molecule has 0 aliphatic carbocycles. The van der Waals surface area contributed by atoms with E-state index in [0.29, 0.717) is 0 Å². The molecule has 17 heavy (non-hydrogen) atoms. The van der Waals surface area contributed by atoms with E-state index in [1.165, 1.54) is 17.9 Å². The molecular weight excluding hydrogens is 266 g/mol. The highest BCUT2D eigenvalue weighted by molar-refractivity contribution is 7.89. The molecule has 6 nitrogen and oxygen atoms in total. The molecular formula is C9H16ClN3O3S. The van der Waals surface area contributed by atoms with Crippen molar-refractivity contribution in [1.82, 2.24) is 14.5 Å². The molecule has 0 aliphatic rings. The molecule has 0 bridgehead atoms. The van der Waals surface area contributed by atoms with Crippen molar-refractivity contribution in [2.75, 3.05) is 6.61 Å². The van der Waals surface area contributed by atoms with Crippen LogP contribution in [0.1, 0.15) is 13.8 Å². The molecule has 1 aromatic heterocycles. The zero-order valence-corrected chi connectivity index (χ0v) is 11.5. The molecule has 0 radical (unpaired) electrons. The number of hydrogen-bond donors (Lipinski definition) is 2. The molecule has 1 unspecified atom stereocenters. The fourth-order valence-corrected chi connectivity index (χ4v) is 3.37. The van der Waals surface area contributed by atoms with Crippen LogP contribution in [0, 0.1) is 5.92 Å². The molecule has 0 saturated heterocycles. The summed E-state index contributed by atoms with van der Waals surface area (Å²) in [7, 11) is -2.29. The number of aryl methyl sites for hydroxylation is 1. The number of aliphatic hydroxyl groups is 1. The molecule has 0 amide bonds. The number of sulfonamides is 1. The van der Waals surface area contributed by atoms with Gasteiger partial charge in [-0.3, -0.25) is 4.68 Å². The van der Waals surface area contributed by atoms with Crippen molar-refractivity contribution >= 4 is 21.6 Å². The monoisotopic (exact) mass is 281 g/mol. The molecule has 8 heteroatoms. The molecule has 1 atom stereocenters. The second-order valence-corrected chi connectivity index (χ2v) is 6.11. The van der Waals surface area contributed by atoms with Gasteiger partial charge in [-0.05, 0) is 5.92 Å². The van der Waals surface area contributed by atoms with Crippen LogP contribution in [0.5, 0.6) is 0 Å². The largest absolute Gasteiger partial charge is 0.395 e. The van der Waals surface area contributed by atoms with Crippen molar-refractivity contribution in [2.45, 2.75) is 24.9 Å². The van der Waals surface area contributed by atoms with E-state index in [1.807, 2.05) is 13.8 Å². The van der Waals surface area contributed by atoms with Crippen LogP contribution < -0.4 is 4.72 Å². The quantitative estimate of drug-likeness (QED) is 0.817. The Kier molecular flexibility index (Phi) is 4.54. The lowest BCUT2D eigenvalue weighted by Gasteiger charge is -2.19. The van der Waals surface area contributed by atoms with Crippen molar-refractivity contribution in [3.63, 3.8) is 0 Å². The Balaban J connectivity index is 3.05. The Morgan fingerprint density at radius 3 is 2.53 bits per heavy atom. The van der Waals surface area contributed by atoms with Gasteiger partial charge in [0.1, 0.15) is 0 Å². The third-order valence-corrected chi connectivity index (χ3v) is 4.40. The second kappa shape index (κ2) is 5.34. The summed E-state index contributed by atoms with van der Waals surface area (Å²) in [5.74, 6) is -0.0261. The maximum Gasteiger partial charge on any atom is 0.259 e. The fourth-order valence-electron chi connectivity index (χ4n) is 1.34. The maximum absolute atomic E-state index is 12.0. The summed E-state index contributed by atoms with van der Waals surface area (Å²) in [6.45, 7) is 3.36. The minimum Gasteiger partial charge on any atom is -0.395 e. The third kappa shape index (κ3) is 3.19. The SMILES string of the molecule is CC(C)C(CO)NS(=O)(=O)c1c(Cl)cnn1C. The molecule has 1 rings (SSSR count). The summed E-state index contributed by atoms with van der Waals surface area (Å²) in [5, 5.41) is 12.8. The Labute approximate surface area is 106 Å². The summed E-state index contributed by atoms with van der Waals surface area (Å²) in [4.78, 5) is 0. The van der Waals surface area contributed by atoms with Gasteiger partial charge in [-0.15, -0.1) is 0 Å². The molecule has 0 spiro atoms. The molecule has 0 saturated carbocycles. The van der Waals surface area contributed by atoms with Gasteiger partial charge in [0.15, 0.2) is 5.03 Å². The van der Waals surface area contributed by atoms with Gasteiger partial charge in [-0.25, -0.2) is 13.1 Å². The molecule has 98 valence electrons. The topological polar surface area (TPSA) is 84.2 Å². The number of aromatic nitrogens is 2. The van der Waals surface area contributed by atoms with Crippen molar-refractivity contribution in [1.29, 1.82) is 0 Å². The normalized spacial score (nSPS) is 14.2. The Morgan fingerprint density at radius 1 is 1.59 bits per heavy atom. The number of aliphatic hydroxyl groups excluding tert-OH is 1. The predicted molar refractivity (Wildman–Crippen MR) is 64.3 cm³/mol. The lowest BCUT2D eigenvalue weighted by Crippen LogP contribution is -2.41. The zero-order valence-electron chi connectivity index (χ0n) is 9.88. The van der Waals surface area contributed by atoms with Gasteiger partial charge in [0, 0.05) is 13.1 Å². The van der Waals surface area contributed by atoms with E-state index in [-0.39, 0.29) is 22.6 Å². The van der Waals surface area contributed by atoms with Gasteiger partial charge in [0.25, 0.3) is 10.0 Å². The minimum absolute atomic E-state index is 0.0261. The Morgan fingerprint density at radius 2 is 2.18 bits per heavy atom. The van der Waals surface area contributed by atoms with Gasteiger partial charge in [-0.1, -0.05) is 25.4 Å². The summed E-state index contributed by atoms with van der Waals surface area (Å²) in [5.41, 5.74) is 0. The first-order chi connectivity index (χ1) is 7.79. The van der Waals surface area contributed by atoms with Crippen LogP contribution in [-0.2, 0) is 17.1 Å². The Hall–Kier alpha value is -0.630. The van der Waals surface area contributed by atoms with Crippen molar-refractivity contribution < 1.29 is 13.5 Å². The van der Waals surface area contributed by atoms with E-state index in [9.17, 15) is 8.42 Å². The second-order valence-electron chi connectivity index (χ2n) is 4.08. The zero-order chi connectivity index (χ0) is 13.2. The number of nitrogens with one attached hydrogen (secondary N) is 1. The van der Waals surface area contributed by atoms with Crippen LogP contribution in [0.3, 0.4) is 0 Å². The van der Waals surface area contributed by atoms with Crippen LogP contribution in [0.15, 0.2) is 11.2 Å². The van der Waals surface area contributed by atoms with Crippen molar-refractivity contribution in [2.24, 2.45) is 13.0 Å².